The molecule has 4 nitrogen and oxygen atoms in total. The number of hydrogen-bond donors (Lipinski definition) is 2. The summed E-state index contributed by atoms with van der Waals surface area (Å²) in [5.74, 6) is -0.926. The molecule has 0 aliphatic carbocycles. The molecule has 4 heteroatoms. The van der Waals surface area contributed by atoms with Crippen LogP contribution < -0.4 is 0 Å². The number of phenolic OH excluding ortho intramolecular Hbond substituents is 1. The number of aromatic carboxylic acids is 1. The highest BCUT2D eigenvalue weighted by atomic mass is 16.4. The van der Waals surface area contributed by atoms with Gasteiger partial charge in [0.25, 0.3) is 0 Å². The van der Waals surface area contributed by atoms with Crippen molar-refractivity contribution in [1.29, 1.82) is 0 Å². The molecular weight excluding hydrogens is 254 g/mol. The van der Waals surface area contributed by atoms with Gasteiger partial charge in [0.2, 0.25) is 0 Å². The molecule has 0 saturated heterocycles. The van der Waals surface area contributed by atoms with E-state index in [1.807, 2.05) is 34.9 Å². The van der Waals surface area contributed by atoms with Crippen molar-refractivity contribution in [2.24, 2.45) is 0 Å². The number of carboxylic acid groups (broad SMARTS) is 1. The topological polar surface area (TPSA) is 62.5 Å². The zero-order chi connectivity index (χ0) is 14.1. The molecule has 3 aromatic rings. The molecule has 3 rings (SSSR count). The van der Waals surface area contributed by atoms with Crippen molar-refractivity contribution >= 4 is 16.9 Å². The van der Waals surface area contributed by atoms with Crippen LogP contribution in [0.5, 0.6) is 5.75 Å². The van der Waals surface area contributed by atoms with E-state index in [1.54, 1.807) is 18.3 Å². The summed E-state index contributed by atoms with van der Waals surface area (Å²) in [6.07, 6.45) is 1.61. The van der Waals surface area contributed by atoms with Crippen LogP contribution in [0, 0.1) is 0 Å². The van der Waals surface area contributed by atoms with Crippen molar-refractivity contribution < 1.29 is 15.0 Å². The summed E-state index contributed by atoms with van der Waals surface area (Å²) in [6, 6.07) is 14.6. The molecular formula is C16H13NO3. The van der Waals surface area contributed by atoms with Gasteiger partial charge in [-0.3, -0.25) is 0 Å². The summed E-state index contributed by atoms with van der Waals surface area (Å²) in [5.41, 5.74) is 2.09. The summed E-state index contributed by atoms with van der Waals surface area (Å²) < 4.78 is 1.88. The van der Waals surface area contributed by atoms with Gasteiger partial charge in [0.05, 0.1) is 5.56 Å². The second kappa shape index (κ2) is 4.74. The van der Waals surface area contributed by atoms with E-state index in [2.05, 4.69) is 0 Å². The zero-order valence-corrected chi connectivity index (χ0v) is 10.7. The first-order chi connectivity index (χ1) is 9.65. The molecule has 0 aliphatic heterocycles. The minimum Gasteiger partial charge on any atom is -0.508 e. The van der Waals surface area contributed by atoms with Crippen LogP contribution in [-0.4, -0.2) is 20.7 Å². The van der Waals surface area contributed by atoms with Gasteiger partial charge in [-0.2, -0.15) is 0 Å². The van der Waals surface area contributed by atoms with Gasteiger partial charge in [-0.25, -0.2) is 4.79 Å². The van der Waals surface area contributed by atoms with E-state index in [1.165, 1.54) is 6.07 Å². The maximum Gasteiger partial charge on any atom is 0.337 e. The predicted octanol–water partition coefficient (Wildman–Crippen LogP) is 3.09. The van der Waals surface area contributed by atoms with Crippen LogP contribution in [0.25, 0.3) is 10.9 Å². The number of aromatic hydroxyl groups is 1. The number of carboxylic acids is 1. The highest BCUT2D eigenvalue weighted by molar-refractivity contribution is 6.03. The Balaban J connectivity index is 2.14. The van der Waals surface area contributed by atoms with E-state index in [4.69, 9.17) is 0 Å². The fourth-order valence-corrected chi connectivity index (χ4v) is 2.37. The lowest BCUT2D eigenvalue weighted by atomic mass is 10.1. The van der Waals surface area contributed by atoms with Crippen molar-refractivity contribution in [3.05, 3.63) is 65.9 Å². The zero-order valence-electron chi connectivity index (χ0n) is 10.7. The Labute approximate surface area is 115 Å². The molecule has 1 heterocycles. The first-order valence-electron chi connectivity index (χ1n) is 6.24. The van der Waals surface area contributed by atoms with Crippen LogP contribution in [-0.2, 0) is 6.54 Å². The van der Waals surface area contributed by atoms with Crippen molar-refractivity contribution in [3.8, 4) is 5.75 Å². The normalized spacial score (nSPS) is 10.8. The summed E-state index contributed by atoms with van der Waals surface area (Å²) >= 11 is 0. The van der Waals surface area contributed by atoms with E-state index >= 15 is 0 Å². The van der Waals surface area contributed by atoms with Crippen LogP contribution in [0.3, 0.4) is 0 Å². The summed E-state index contributed by atoms with van der Waals surface area (Å²) in [5, 5.41) is 19.3. The Morgan fingerprint density at radius 1 is 1.10 bits per heavy atom. The number of nitrogens with zero attached hydrogens (tertiary/aromatic N) is 1. The molecule has 2 N–H and O–H groups in total. The minimum atomic E-state index is -0.993. The lowest BCUT2D eigenvalue weighted by molar-refractivity contribution is 0.0699. The second-order valence-electron chi connectivity index (χ2n) is 4.66. The van der Waals surface area contributed by atoms with Crippen molar-refractivity contribution in [3.63, 3.8) is 0 Å². The standard InChI is InChI=1S/C16H13NO3/c18-12-6-7-15-13(8-12)14(16(19)20)10-17(15)9-11-4-2-1-3-5-11/h1-8,10,18H,9H2,(H,19,20). The van der Waals surface area contributed by atoms with Gasteiger partial charge in [-0.1, -0.05) is 30.3 Å². The highest BCUT2D eigenvalue weighted by Crippen LogP contribution is 2.26. The monoisotopic (exact) mass is 267 g/mol. The largest absolute Gasteiger partial charge is 0.508 e. The van der Waals surface area contributed by atoms with Crippen LogP contribution in [0.4, 0.5) is 0 Å². The Kier molecular flexibility index (Phi) is 2.91. The average Bonchev–Trinajstić information content (AvgIpc) is 2.78. The molecule has 100 valence electrons. The quantitative estimate of drug-likeness (QED) is 0.766. The number of phenols is 1. The van der Waals surface area contributed by atoms with Crippen LogP contribution in [0.15, 0.2) is 54.7 Å². The molecule has 0 aliphatic rings. The van der Waals surface area contributed by atoms with Gasteiger partial charge in [-0.05, 0) is 23.8 Å². The van der Waals surface area contributed by atoms with Crippen molar-refractivity contribution in [1.82, 2.24) is 4.57 Å². The molecule has 1 aromatic heterocycles. The summed E-state index contributed by atoms with van der Waals surface area (Å²) in [7, 11) is 0. The molecule has 20 heavy (non-hydrogen) atoms. The third kappa shape index (κ3) is 2.12. The number of benzene rings is 2. The number of fused-ring (bicyclic) bond motifs is 1. The van der Waals surface area contributed by atoms with Crippen molar-refractivity contribution in [2.75, 3.05) is 0 Å². The highest BCUT2D eigenvalue weighted by Gasteiger charge is 2.14. The Hall–Kier alpha value is -2.75. The number of aromatic nitrogens is 1. The minimum absolute atomic E-state index is 0.0671. The van der Waals surface area contributed by atoms with Gasteiger partial charge in [0, 0.05) is 23.6 Å². The van der Waals surface area contributed by atoms with Crippen LogP contribution >= 0.6 is 0 Å². The molecule has 0 amide bonds. The van der Waals surface area contributed by atoms with E-state index in [0.29, 0.717) is 11.9 Å². The van der Waals surface area contributed by atoms with Crippen LogP contribution in [0.1, 0.15) is 15.9 Å². The molecule has 0 spiro atoms. The van der Waals surface area contributed by atoms with Gasteiger partial charge < -0.3 is 14.8 Å². The van der Waals surface area contributed by atoms with Crippen LogP contribution in [0.2, 0.25) is 0 Å². The molecule has 0 atom stereocenters. The van der Waals surface area contributed by atoms with Gasteiger partial charge in [0.15, 0.2) is 0 Å². The Morgan fingerprint density at radius 3 is 2.55 bits per heavy atom. The Bertz CT molecular complexity index is 775. The number of hydrogen-bond acceptors (Lipinski definition) is 2. The summed E-state index contributed by atoms with van der Waals surface area (Å²) in [6.45, 7) is 0.593. The fraction of sp³-hybridized carbons (Fsp3) is 0.0625. The molecule has 0 fully saturated rings. The van der Waals surface area contributed by atoms with E-state index < -0.39 is 5.97 Å². The number of carbonyl (C=O) groups is 1. The lowest BCUT2D eigenvalue weighted by Gasteiger charge is -2.05. The molecule has 0 radical (unpaired) electrons. The molecule has 0 bridgehead atoms. The SMILES string of the molecule is O=C(O)c1cn(Cc2ccccc2)c2ccc(O)cc12. The van der Waals surface area contributed by atoms with Gasteiger partial charge in [0.1, 0.15) is 5.75 Å². The first kappa shape index (κ1) is 12.3. The molecule has 0 saturated carbocycles. The smallest absolute Gasteiger partial charge is 0.337 e. The molecule has 2 aromatic carbocycles. The van der Waals surface area contributed by atoms with E-state index in [0.717, 1.165) is 11.1 Å². The summed E-state index contributed by atoms with van der Waals surface area (Å²) in [4.78, 5) is 11.3. The Morgan fingerprint density at radius 2 is 1.85 bits per heavy atom. The third-order valence-corrected chi connectivity index (χ3v) is 3.29. The van der Waals surface area contributed by atoms with Gasteiger partial charge in [-0.15, -0.1) is 0 Å². The van der Waals surface area contributed by atoms with E-state index in [9.17, 15) is 15.0 Å². The number of rotatable bonds is 3. The second-order valence-corrected chi connectivity index (χ2v) is 4.66. The fourth-order valence-electron chi connectivity index (χ4n) is 2.37. The van der Waals surface area contributed by atoms with Gasteiger partial charge >= 0.3 is 5.97 Å². The first-order valence-corrected chi connectivity index (χ1v) is 6.24. The van der Waals surface area contributed by atoms with Crippen molar-refractivity contribution in [2.45, 2.75) is 6.54 Å². The maximum absolute atomic E-state index is 11.3. The predicted molar refractivity (Wildman–Crippen MR) is 76.1 cm³/mol. The average molecular weight is 267 g/mol. The van der Waals surface area contributed by atoms with E-state index in [-0.39, 0.29) is 11.3 Å². The molecule has 0 unspecified atom stereocenters. The third-order valence-electron chi connectivity index (χ3n) is 3.29. The lowest BCUT2D eigenvalue weighted by Crippen LogP contribution is -1.98. The maximum atomic E-state index is 11.3.